The Morgan fingerprint density at radius 1 is 1.47 bits per heavy atom. The van der Waals surface area contributed by atoms with Crippen LogP contribution in [0.5, 0.6) is 0 Å². The molecule has 1 unspecified atom stereocenters. The van der Waals surface area contributed by atoms with Crippen molar-refractivity contribution >= 4 is 28.2 Å². The average Bonchev–Trinajstić information content (AvgIpc) is 3.02. The van der Waals surface area contributed by atoms with Gasteiger partial charge in [-0.05, 0) is 25.3 Å². The molecule has 2 rings (SSSR count). The second-order valence-electron chi connectivity index (χ2n) is 4.56. The SMILES string of the molecule is CCNC(CSc1nnc(N(C)C)s1)C1CC1. The van der Waals surface area contributed by atoms with Crippen LogP contribution in [0, 0.1) is 5.92 Å². The van der Waals surface area contributed by atoms with Gasteiger partial charge in [0.2, 0.25) is 5.13 Å². The number of rotatable bonds is 7. The summed E-state index contributed by atoms with van der Waals surface area (Å²) in [7, 11) is 4.00. The lowest BCUT2D eigenvalue weighted by Gasteiger charge is -2.15. The summed E-state index contributed by atoms with van der Waals surface area (Å²) in [6.45, 7) is 3.23. The molecule has 0 spiro atoms. The highest BCUT2D eigenvalue weighted by Gasteiger charge is 2.30. The quantitative estimate of drug-likeness (QED) is 0.770. The van der Waals surface area contributed by atoms with Gasteiger partial charge in [0.05, 0.1) is 0 Å². The van der Waals surface area contributed by atoms with Crippen molar-refractivity contribution in [3.05, 3.63) is 0 Å². The monoisotopic (exact) mass is 272 g/mol. The maximum atomic E-state index is 4.21. The molecule has 0 aliphatic heterocycles. The topological polar surface area (TPSA) is 41.1 Å². The fraction of sp³-hybridized carbons (Fsp3) is 0.818. The van der Waals surface area contributed by atoms with Crippen LogP contribution in [0.3, 0.4) is 0 Å². The molecule has 0 amide bonds. The number of nitrogens with zero attached hydrogens (tertiary/aromatic N) is 3. The van der Waals surface area contributed by atoms with Gasteiger partial charge in [0.1, 0.15) is 0 Å². The normalized spacial score (nSPS) is 17.1. The van der Waals surface area contributed by atoms with Crippen molar-refractivity contribution < 1.29 is 0 Å². The fourth-order valence-corrected chi connectivity index (χ4v) is 3.70. The Hall–Kier alpha value is -0.330. The molecule has 1 heterocycles. The molecular formula is C11H20N4S2. The van der Waals surface area contributed by atoms with Gasteiger partial charge in [-0.1, -0.05) is 30.0 Å². The largest absolute Gasteiger partial charge is 0.353 e. The van der Waals surface area contributed by atoms with Crippen LogP contribution in [-0.2, 0) is 0 Å². The second-order valence-corrected chi connectivity index (χ2v) is 6.78. The van der Waals surface area contributed by atoms with E-state index in [-0.39, 0.29) is 0 Å². The minimum Gasteiger partial charge on any atom is -0.353 e. The minimum atomic E-state index is 0.650. The van der Waals surface area contributed by atoms with Crippen LogP contribution in [0.15, 0.2) is 4.34 Å². The first-order valence-electron chi connectivity index (χ1n) is 6.07. The molecule has 0 radical (unpaired) electrons. The highest BCUT2D eigenvalue weighted by Crippen LogP contribution is 2.36. The number of thioether (sulfide) groups is 1. The number of nitrogens with one attached hydrogen (secondary N) is 1. The molecule has 1 aromatic heterocycles. The molecule has 1 saturated carbocycles. The van der Waals surface area contributed by atoms with Crippen LogP contribution in [0.1, 0.15) is 19.8 Å². The van der Waals surface area contributed by atoms with E-state index in [2.05, 4.69) is 22.4 Å². The van der Waals surface area contributed by atoms with Crippen LogP contribution in [-0.4, -0.2) is 42.6 Å². The molecule has 17 heavy (non-hydrogen) atoms. The fourth-order valence-electron chi connectivity index (χ4n) is 1.73. The Morgan fingerprint density at radius 3 is 2.76 bits per heavy atom. The predicted molar refractivity (Wildman–Crippen MR) is 75.1 cm³/mol. The molecular weight excluding hydrogens is 252 g/mol. The maximum absolute atomic E-state index is 4.21. The molecule has 1 aromatic rings. The summed E-state index contributed by atoms with van der Waals surface area (Å²) in [6, 6.07) is 0.650. The Labute approximate surface area is 111 Å². The van der Waals surface area contributed by atoms with E-state index in [1.165, 1.54) is 12.8 Å². The maximum Gasteiger partial charge on any atom is 0.208 e. The summed E-state index contributed by atoms with van der Waals surface area (Å²) in [4.78, 5) is 2.00. The average molecular weight is 272 g/mol. The van der Waals surface area contributed by atoms with Crippen LogP contribution < -0.4 is 10.2 Å². The van der Waals surface area contributed by atoms with Gasteiger partial charge < -0.3 is 10.2 Å². The molecule has 1 N–H and O–H groups in total. The van der Waals surface area contributed by atoms with Crippen molar-refractivity contribution in [2.45, 2.75) is 30.1 Å². The Balaban J connectivity index is 1.82. The first kappa shape index (κ1) is 13.1. The Morgan fingerprint density at radius 2 is 2.24 bits per heavy atom. The van der Waals surface area contributed by atoms with Crippen molar-refractivity contribution in [3.8, 4) is 0 Å². The molecule has 1 aliphatic carbocycles. The number of anilines is 1. The summed E-state index contributed by atoms with van der Waals surface area (Å²) >= 11 is 3.50. The van der Waals surface area contributed by atoms with E-state index in [9.17, 15) is 0 Å². The van der Waals surface area contributed by atoms with Crippen LogP contribution >= 0.6 is 23.1 Å². The Bertz CT molecular complexity index is 349. The van der Waals surface area contributed by atoms with Gasteiger partial charge in [0.25, 0.3) is 0 Å². The first-order valence-corrected chi connectivity index (χ1v) is 7.88. The summed E-state index contributed by atoms with van der Waals surface area (Å²) in [5, 5.41) is 12.9. The highest BCUT2D eigenvalue weighted by atomic mass is 32.2. The summed E-state index contributed by atoms with van der Waals surface area (Å²) in [5.41, 5.74) is 0. The zero-order chi connectivity index (χ0) is 12.3. The highest BCUT2D eigenvalue weighted by molar-refractivity contribution is 8.01. The smallest absolute Gasteiger partial charge is 0.208 e. The lowest BCUT2D eigenvalue weighted by Crippen LogP contribution is -2.33. The molecule has 6 heteroatoms. The van der Waals surface area contributed by atoms with Crippen molar-refractivity contribution in [1.29, 1.82) is 0 Å². The van der Waals surface area contributed by atoms with Gasteiger partial charge in [-0.3, -0.25) is 0 Å². The van der Waals surface area contributed by atoms with Gasteiger partial charge in [0, 0.05) is 25.9 Å². The standard InChI is InChI=1S/C11H20N4S2/c1-4-12-9(8-5-6-8)7-16-11-14-13-10(17-11)15(2)3/h8-9,12H,4-7H2,1-3H3. The molecule has 0 bridgehead atoms. The third kappa shape index (κ3) is 3.82. The van der Waals surface area contributed by atoms with Crippen molar-refractivity contribution in [3.63, 3.8) is 0 Å². The van der Waals surface area contributed by atoms with Crippen molar-refractivity contribution in [2.75, 3.05) is 31.3 Å². The second kappa shape index (κ2) is 6.02. The van der Waals surface area contributed by atoms with Gasteiger partial charge in [-0.15, -0.1) is 10.2 Å². The molecule has 1 aliphatic rings. The van der Waals surface area contributed by atoms with E-state index in [4.69, 9.17) is 0 Å². The predicted octanol–water partition coefficient (Wildman–Crippen LogP) is 2.08. The number of hydrogen-bond donors (Lipinski definition) is 1. The van der Waals surface area contributed by atoms with E-state index >= 15 is 0 Å². The van der Waals surface area contributed by atoms with E-state index in [1.54, 1.807) is 11.3 Å². The zero-order valence-corrected chi connectivity index (χ0v) is 12.3. The molecule has 4 nitrogen and oxygen atoms in total. The van der Waals surface area contributed by atoms with Gasteiger partial charge in [-0.25, -0.2) is 0 Å². The van der Waals surface area contributed by atoms with Crippen LogP contribution in [0.25, 0.3) is 0 Å². The third-order valence-electron chi connectivity index (χ3n) is 2.82. The Kier molecular flexibility index (Phi) is 4.64. The number of hydrogen-bond acceptors (Lipinski definition) is 6. The lowest BCUT2D eigenvalue weighted by atomic mass is 10.2. The minimum absolute atomic E-state index is 0.650. The van der Waals surface area contributed by atoms with Crippen LogP contribution in [0.2, 0.25) is 0 Å². The summed E-state index contributed by atoms with van der Waals surface area (Å²) in [6.07, 6.45) is 2.77. The van der Waals surface area contributed by atoms with E-state index < -0.39 is 0 Å². The molecule has 1 fully saturated rings. The summed E-state index contributed by atoms with van der Waals surface area (Å²) in [5.74, 6) is 2.00. The molecule has 96 valence electrons. The van der Waals surface area contributed by atoms with E-state index in [0.29, 0.717) is 6.04 Å². The molecule has 0 saturated heterocycles. The van der Waals surface area contributed by atoms with Gasteiger partial charge >= 0.3 is 0 Å². The van der Waals surface area contributed by atoms with Crippen molar-refractivity contribution in [1.82, 2.24) is 15.5 Å². The van der Waals surface area contributed by atoms with E-state index in [1.807, 2.05) is 30.8 Å². The number of aromatic nitrogens is 2. The molecule has 0 aromatic carbocycles. The summed E-state index contributed by atoms with van der Waals surface area (Å²) < 4.78 is 1.08. The van der Waals surface area contributed by atoms with Gasteiger partial charge in [-0.2, -0.15) is 0 Å². The third-order valence-corrected chi connectivity index (χ3v) is 5.17. The van der Waals surface area contributed by atoms with Crippen LogP contribution in [0.4, 0.5) is 5.13 Å². The van der Waals surface area contributed by atoms with Gasteiger partial charge in [0.15, 0.2) is 4.34 Å². The lowest BCUT2D eigenvalue weighted by molar-refractivity contribution is 0.519. The zero-order valence-electron chi connectivity index (χ0n) is 10.6. The molecule has 1 atom stereocenters. The van der Waals surface area contributed by atoms with E-state index in [0.717, 1.165) is 27.7 Å². The first-order chi connectivity index (χ1) is 8.20. The van der Waals surface area contributed by atoms with Crippen molar-refractivity contribution in [2.24, 2.45) is 5.92 Å².